The Morgan fingerprint density at radius 2 is 2.00 bits per heavy atom. The van der Waals surface area contributed by atoms with Crippen LogP contribution in [0.5, 0.6) is 11.5 Å². The molecule has 0 atom stereocenters. The van der Waals surface area contributed by atoms with Crippen molar-refractivity contribution in [2.45, 2.75) is 13.2 Å². The van der Waals surface area contributed by atoms with Crippen LogP contribution in [0.1, 0.15) is 5.56 Å². The SMILES string of the molecule is Cc1cnc(NN)nc1Nc1ccc2c(c1)OC(F)(F)O2. The van der Waals surface area contributed by atoms with E-state index in [1.165, 1.54) is 12.1 Å². The van der Waals surface area contributed by atoms with Crippen molar-refractivity contribution in [3.63, 3.8) is 0 Å². The standard InChI is InChI=1S/C12H11F2N5O2/c1-6-5-16-11(19-15)18-10(6)17-7-2-3-8-9(4-7)21-12(13,14)20-8/h2-5H,15H2,1H3,(H2,16,17,18,19). The van der Waals surface area contributed by atoms with Gasteiger partial charge in [0.1, 0.15) is 5.82 Å². The quantitative estimate of drug-likeness (QED) is 0.590. The van der Waals surface area contributed by atoms with Gasteiger partial charge in [-0.3, -0.25) is 5.43 Å². The molecule has 2 aromatic rings. The monoisotopic (exact) mass is 295 g/mol. The van der Waals surface area contributed by atoms with E-state index in [0.29, 0.717) is 11.5 Å². The highest BCUT2D eigenvalue weighted by Gasteiger charge is 2.43. The largest absolute Gasteiger partial charge is 0.586 e. The average Bonchev–Trinajstić information content (AvgIpc) is 2.74. The summed E-state index contributed by atoms with van der Waals surface area (Å²) < 4.78 is 34.6. The number of nitrogens with one attached hydrogen (secondary N) is 2. The lowest BCUT2D eigenvalue weighted by molar-refractivity contribution is -0.286. The van der Waals surface area contributed by atoms with Crippen molar-refractivity contribution in [2.24, 2.45) is 5.84 Å². The van der Waals surface area contributed by atoms with Crippen LogP contribution >= 0.6 is 0 Å². The highest BCUT2D eigenvalue weighted by molar-refractivity contribution is 5.64. The van der Waals surface area contributed by atoms with Gasteiger partial charge in [0.25, 0.3) is 0 Å². The summed E-state index contributed by atoms with van der Waals surface area (Å²) in [5, 5.41) is 2.98. The molecule has 0 fully saturated rings. The summed E-state index contributed by atoms with van der Waals surface area (Å²) in [7, 11) is 0. The van der Waals surface area contributed by atoms with Gasteiger partial charge in [-0.25, -0.2) is 10.8 Å². The number of hydrogen-bond acceptors (Lipinski definition) is 7. The highest BCUT2D eigenvalue weighted by atomic mass is 19.3. The molecular formula is C12H11F2N5O2. The van der Waals surface area contributed by atoms with Crippen molar-refractivity contribution < 1.29 is 18.3 Å². The molecule has 9 heteroatoms. The third-order valence-corrected chi connectivity index (χ3v) is 2.76. The van der Waals surface area contributed by atoms with Gasteiger partial charge < -0.3 is 14.8 Å². The van der Waals surface area contributed by atoms with Gasteiger partial charge in [0.15, 0.2) is 11.5 Å². The Balaban J connectivity index is 1.87. The van der Waals surface area contributed by atoms with Crippen LogP contribution in [0.3, 0.4) is 0 Å². The van der Waals surface area contributed by atoms with Crippen LogP contribution in [0.2, 0.25) is 0 Å². The summed E-state index contributed by atoms with van der Waals surface area (Å²) in [4.78, 5) is 8.07. The van der Waals surface area contributed by atoms with Gasteiger partial charge in [0.05, 0.1) is 0 Å². The van der Waals surface area contributed by atoms with Crippen molar-refractivity contribution >= 4 is 17.5 Å². The normalized spacial score (nSPS) is 14.9. The lowest BCUT2D eigenvalue weighted by atomic mass is 10.2. The molecule has 1 aromatic carbocycles. The van der Waals surface area contributed by atoms with Crippen molar-refractivity contribution in [3.8, 4) is 11.5 Å². The van der Waals surface area contributed by atoms with Gasteiger partial charge in [-0.2, -0.15) is 4.98 Å². The van der Waals surface area contributed by atoms with Gasteiger partial charge in [-0.05, 0) is 19.1 Å². The third kappa shape index (κ3) is 2.63. The van der Waals surface area contributed by atoms with Crippen LogP contribution in [0.15, 0.2) is 24.4 Å². The number of hydrazine groups is 1. The van der Waals surface area contributed by atoms with Crippen LogP contribution in [0, 0.1) is 6.92 Å². The maximum absolute atomic E-state index is 13.0. The molecule has 0 bridgehead atoms. The van der Waals surface area contributed by atoms with E-state index in [0.717, 1.165) is 5.56 Å². The number of nitrogens with zero attached hydrogens (tertiary/aromatic N) is 2. The molecule has 3 rings (SSSR count). The number of ether oxygens (including phenoxy) is 2. The molecule has 0 saturated carbocycles. The summed E-state index contributed by atoms with van der Waals surface area (Å²) in [5.74, 6) is 5.90. The Morgan fingerprint density at radius 3 is 2.76 bits per heavy atom. The van der Waals surface area contributed by atoms with E-state index in [1.807, 2.05) is 0 Å². The van der Waals surface area contributed by atoms with E-state index < -0.39 is 6.29 Å². The van der Waals surface area contributed by atoms with Crippen LogP contribution < -0.4 is 26.1 Å². The number of nitrogen functional groups attached to an aromatic ring is 1. The molecule has 1 aliphatic rings. The van der Waals surface area contributed by atoms with E-state index in [4.69, 9.17) is 5.84 Å². The fourth-order valence-corrected chi connectivity index (χ4v) is 1.80. The minimum atomic E-state index is -3.64. The summed E-state index contributed by atoms with van der Waals surface area (Å²) in [5.41, 5.74) is 3.60. The second-order valence-corrected chi connectivity index (χ2v) is 4.32. The number of anilines is 3. The first-order valence-corrected chi connectivity index (χ1v) is 5.94. The Labute approximate surface area is 118 Å². The number of alkyl halides is 2. The molecule has 110 valence electrons. The molecule has 0 unspecified atom stereocenters. The van der Waals surface area contributed by atoms with Crippen LogP contribution in [0.4, 0.5) is 26.2 Å². The zero-order chi connectivity index (χ0) is 15.0. The highest BCUT2D eigenvalue weighted by Crippen LogP contribution is 2.42. The molecular weight excluding hydrogens is 284 g/mol. The molecule has 4 N–H and O–H groups in total. The smallest absolute Gasteiger partial charge is 0.395 e. The zero-order valence-electron chi connectivity index (χ0n) is 10.9. The lowest BCUT2D eigenvalue weighted by Crippen LogP contribution is -2.25. The zero-order valence-corrected chi connectivity index (χ0v) is 10.9. The van der Waals surface area contributed by atoms with Crippen molar-refractivity contribution in [1.29, 1.82) is 0 Å². The number of hydrogen-bond donors (Lipinski definition) is 3. The van der Waals surface area contributed by atoms with Gasteiger partial charge in [-0.15, -0.1) is 8.78 Å². The Morgan fingerprint density at radius 1 is 1.24 bits per heavy atom. The Kier molecular flexibility index (Phi) is 2.98. The third-order valence-electron chi connectivity index (χ3n) is 2.76. The minimum absolute atomic E-state index is 0.0192. The predicted molar refractivity (Wildman–Crippen MR) is 70.5 cm³/mol. The Hall–Kier alpha value is -2.68. The maximum atomic E-state index is 13.0. The second kappa shape index (κ2) is 4.70. The van der Waals surface area contributed by atoms with Crippen LogP contribution in [0.25, 0.3) is 0 Å². The number of aromatic nitrogens is 2. The van der Waals surface area contributed by atoms with E-state index >= 15 is 0 Å². The number of nitrogens with two attached hydrogens (primary N) is 1. The van der Waals surface area contributed by atoms with E-state index in [9.17, 15) is 8.78 Å². The summed E-state index contributed by atoms with van der Waals surface area (Å²) in [6.45, 7) is 1.80. The summed E-state index contributed by atoms with van der Waals surface area (Å²) in [6, 6.07) is 4.35. The fourth-order valence-electron chi connectivity index (χ4n) is 1.80. The van der Waals surface area contributed by atoms with E-state index in [-0.39, 0.29) is 17.4 Å². The molecule has 0 aliphatic carbocycles. The summed E-state index contributed by atoms with van der Waals surface area (Å²) >= 11 is 0. The number of benzene rings is 1. The molecule has 2 heterocycles. The lowest BCUT2D eigenvalue weighted by Gasteiger charge is -2.10. The van der Waals surface area contributed by atoms with Crippen LogP contribution in [-0.4, -0.2) is 16.3 Å². The molecule has 1 aliphatic heterocycles. The topological polar surface area (TPSA) is 94.3 Å². The first-order chi connectivity index (χ1) is 9.97. The van der Waals surface area contributed by atoms with Gasteiger partial charge in [-0.1, -0.05) is 0 Å². The van der Waals surface area contributed by atoms with Crippen LogP contribution in [-0.2, 0) is 0 Å². The number of rotatable bonds is 3. The molecule has 7 nitrogen and oxygen atoms in total. The molecule has 0 radical (unpaired) electrons. The summed E-state index contributed by atoms with van der Waals surface area (Å²) in [6.07, 6.45) is -2.06. The number of fused-ring (bicyclic) bond motifs is 1. The van der Waals surface area contributed by atoms with Crippen molar-refractivity contribution in [1.82, 2.24) is 9.97 Å². The fraction of sp³-hybridized carbons (Fsp3) is 0.167. The average molecular weight is 295 g/mol. The molecule has 0 saturated heterocycles. The molecule has 1 aromatic heterocycles. The van der Waals surface area contributed by atoms with Crippen molar-refractivity contribution in [3.05, 3.63) is 30.0 Å². The molecule has 21 heavy (non-hydrogen) atoms. The minimum Gasteiger partial charge on any atom is -0.395 e. The second-order valence-electron chi connectivity index (χ2n) is 4.32. The van der Waals surface area contributed by atoms with Gasteiger partial charge in [0.2, 0.25) is 5.95 Å². The predicted octanol–water partition coefficient (Wildman–Crippen LogP) is 2.14. The maximum Gasteiger partial charge on any atom is 0.586 e. The molecule has 0 amide bonds. The molecule has 0 spiro atoms. The number of aryl methyl sites for hydroxylation is 1. The Bertz CT molecular complexity index is 695. The van der Waals surface area contributed by atoms with Crippen molar-refractivity contribution in [2.75, 3.05) is 10.7 Å². The van der Waals surface area contributed by atoms with E-state index in [1.54, 1.807) is 19.2 Å². The van der Waals surface area contributed by atoms with E-state index in [2.05, 4.69) is 30.2 Å². The number of halogens is 2. The van der Waals surface area contributed by atoms with Gasteiger partial charge in [0, 0.05) is 23.5 Å². The van der Waals surface area contributed by atoms with Gasteiger partial charge >= 0.3 is 6.29 Å². The first-order valence-electron chi connectivity index (χ1n) is 5.94. The first kappa shape index (κ1) is 13.3.